The van der Waals surface area contributed by atoms with E-state index >= 15 is 0 Å². The van der Waals surface area contributed by atoms with Crippen molar-refractivity contribution >= 4 is 5.78 Å². The zero-order valence-corrected chi connectivity index (χ0v) is 4.95. The van der Waals surface area contributed by atoms with Crippen LogP contribution in [0.3, 0.4) is 0 Å². The van der Waals surface area contributed by atoms with Gasteiger partial charge in [0.2, 0.25) is 0 Å². The van der Waals surface area contributed by atoms with Crippen LogP contribution < -0.4 is 5.73 Å². The van der Waals surface area contributed by atoms with Crippen molar-refractivity contribution in [3.8, 4) is 0 Å². The Morgan fingerprint density at radius 2 is 2.22 bits per heavy atom. The molecule has 0 rings (SSSR count). The molecule has 0 fully saturated rings. The van der Waals surface area contributed by atoms with Crippen molar-refractivity contribution in [2.45, 2.75) is 12.1 Å². The third-order valence-electron chi connectivity index (χ3n) is 0.942. The Kier molecular flexibility index (Phi) is 3.37. The maximum absolute atomic E-state index is 10.4. The summed E-state index contributed by atoms with van der Waals surface area (Å²) in [5.41, 5.74) is 5.05. The largest absolute Gasteiger partial charge is 0.391 e. The van der Waals surface area contributed by atoms with Crippen molar-refractivity contribution in [1.29, 1.82) is 0 Å². The third-order valence-corrected chi connectivity index (χ3v) is 0.942. The number of hydrogen-bond acceptors (Lipinski definition) is 4. The van der Waals surface area contributed by atoms with Gasteiger partial charge in [0, 0.05) is 0 Å². The number of hydrogen-bond donors (Lipinski definition) is 3. The summed E-state index contributed by atoms with van der Waals surface area (Å²) in [6.07, 6.45) is -1.13. The molecular weight excluding hydrogens is 122 g/mol. The standard InChI is InChI=1S/C5H10NO3/c1-3(8)5(6)4(9)2-7/h3,5,7-8H,1-2,6H2. The summed E-state index contributed by atoms with van der Waals surface area (Å²) < 4.78 is 0. The molecule has 0 aromatic rings. The number of Topliss-reactive ketones (excluding diaryl/α,β-unsaturated/α-hetero) is 1. The molecular formula is C5H10NO3. The quantitative estimate of drug-likeness (QED) is 0.417. The summed E-state index contributed by atoms with van der Waals surface area (Å²) in [5.74, 6) is -0.600. The number of nitrogens with two attached hydrogens (primary N) is 1. The topological polar surface area (TPSA) is 83.5 Å². The van der Waals surface area contributed by atoms with E-state index in [2.05, 4.69) is 6.92 Å². The molecule has 0 saturated carbocycles. The summed E-state index contributed by atoms with van der Waals surface area (Å²) in [4.78, 5) is 10.4. The normalized spacial score (nSPS) is 16.9. The van der Waals surface area contributed by atoms with Gasteiger partial charge < -0.3 is 15.9 Å². The predicted octanol–water partition coefficient (Wildman–Crippen LogP) is -1.93. The van der Waals surface area contributed by atoms with Gasteiger partial charge in [-0.2, -0.15) is 0 Å². The maximum atomic E-state index is 10.4. The SMILES string of the molecule is [CH2]C(O)C(N)C(=O)CO. The first-order valence-corrected chi connectivity index (χ1v) is 2.50. The monoisotopic (exact) mass is 132 g/mol. The Balaban J connectivity index is 3.72. The summed E-state index contributed by atoms with van der Waals surface area (Å²) in [5, 5.41) is 16.7. The van der Waals surface area contributed by atoms with E-state index in [9.17, 15) is 4.79 Å². The third kappa shape index (κ3) is 2.55. The Labute approximate surface area is 53.3 Å². The zero-order chi connectivity index (χ0) is 7.44. The van der Waals surface area contributed by atoms with Gasteiger partial charge in [-0.3, -0.25) is 4.79 Å². The van der Waals surface area contributed by atoms with E-state index in [1.54, 1.807) is 0 Å². The molecule has 0 saturated heterocycles. The minimum absolute atomic E-state index is 0.600. The van der Waals surface area contributed by atoms with Crippen molar-refractivity contribution in [3.63, 3.8) is 0 Å². The van der Waals surface area contributed by atoms with E-state index < -0.39 is 24.5 Å². The van der Waals surface area contributed by atoms with E-state index in [1.165, 1.54) is 0 Å². The minimum Gasteiger partial charge on any atom is -0.391 e. The van der Waals surface area contributed by atoms with Crippen LogP contribution in [0.15, 0.2) is 0 Å². The molecule has 0 aromatic heterocycles. The van der Waals surface area contributed by atoms with E-state index in [0.717, 1.165) is 0 Å². The first kappa shape index (κ1) is 8.55. The Hall–Kier alpha value is -0.450. The molecule has 4 nitrogen and oxygen atoms in total. The Bertz CT molecular complexity index is 102. The van der Waals surface area contributed by atoms with Gasteiger partial charge in [-0.25, -0.2) is 0 Å². The first-order chi connectivity index (χ1) is 4.09. The molecule has 4 N–H and O–H groups in total. The summed E-state index contributed by atoms with van der Waals surface area (Å²) in [7, 11) is 0. The van der Waals surface area contributed by atoms with Gasteiger partial charge in [-0.1, -0.05) is 0 Å². The van der Waals surface area contributed by atoms with Crippen LogP contribution in [0.2, 0.25) is 0 Å². The van der Waals surface area contributed by atoms with Crippen molar-refractivity contribution < 1.29 is 15.0 Å². The highest BCUT2D eigenvalue weighted by Crippen LogP contribution is 1.87. The van der Waals surface area contributed by atoms with Gasteiger partial charge in [-0.05, 0) is 6.92 Å². The van der Waals surface area contributed by atoms with Crippen LogP contribution in [0, 0.1) is 6.92 Å². The fourth-order valence-corrected chi connectivity index (χ4v) is 0.320. The van der Waals surface area contributed by atoms with Gasteiger partial charge >= 0.3 is 0 Å². The Morgan fingerprint density at radius 1 is 1.78 bits per heavy atom. The highest BCUT2D eigenvalue weighted by molar-refractivity contribution is 5.85. The van der Waals surface area contributed by atoms with Crippen LogP contribution in [0.5, 0.6) is 0 Å². The van der Waals surface area contributed by atoms with Gasteiger partial charge in [0.05, 0.1) is 12.1 Å². The molecule has 53 valence electrons. The lowest BCUT2D eigenvalue weighted by Crippen LogP contribution is -2.41. The lowest BCUT2D eigenvalue weighted by atomic mass is 10.1. The van der Waals surface area contributed by atoms with E-state index in [1.807, 2.05) is 0 Å². The molecule has 2 atom stereocenters. The number of ketones is 1. The van der Waals surface area contributed by atoms with Gasteiger partial charge in [0.15, 0.2) is 5.78 Å². The molecule has 2 unspecified atom stereocenters. The number of aliphatic hydroxyl groups is 2. The van der Waals surface area contributed by atoms with Crippen molar-refractivity contribution in [2.75, 3.05) is 6.61 Å². The highest BCUT2D eigenvalue weighted by Gasteiger charge is 2.16. The zero-order valence-electron chi connectivity index (χ0n) is 4.95. The Morgan fingerprint density at radius 3 is 2.33 bits per heavy atom. The number of carbonyl (C=O) groups is 1. The molecule has 0 aliphatic carbocycles. The predicted molar refractivity (Wildman–Crippen MR) is 31.4 cm³/mol. The van der Waals surface area contributed by atoms with E-state index in [0.29, 0.717) is 0 Å². The van der Waals surface area contributed by atoms with E-state index in [4.69, 9.17) is 15.9 Å². The highest BCUT2D eigenvalue weighted by atomic mass is 16.3. The van der Waals surface area contributed by atoms with Crippen LogP contribution in [-0.2, 0) is 4.79 Å². The lowest BCUT2D eigenvalue weighted by molar-refractivity contribution is -0.124. The van der Waals surface area contributed by atoms with Gasteiger partial charge in [0.1, 0.15) is 6.61 Å². The van der Waals surface area contributed by atoms with E-state index in [-0.39, 0.29) is 0 Å². The summed E-state index contributed by atoms with van der Waals surface area (Å²) in [6, 6.07) is -1.06. The minimum atomic E-state index is -1.13. The van der Waals surface area contributed by atoms with Crippen LogP contribution in [-0.4, -0.2) is 34.7 Å². The van der Waals surface area contributed by atoms with Crippen molar-refractivity contribution in [1.82, 2.24) is 0 Å². The van der Waals surface area contributed by atoms with Crippen LogP contribution in [0.25, 0.3) is 0 Å². The number of rotatable bonds is 3. The molecule has 0 aromatic carbocycles. The van der Waals surface area contributed by atoms with Crippen LogP contribution >= 0.6 is 0 Å². The molecule has 9 heavy (non-hydrogen) atoms. The molecule has 0 amide bonds. The molecule has 0 spiro atoms. The molecule has 4 heteroatoms. The fraction of sp³-hybridized carbons (Fsp3) is 0.600. The molecule has 0 aliphatic heterocycles. The van der Waals surface area contributed by atoms with Crippen LogP contribution in [0.1, 0.15) is 0 Å². The van der Waals surface area contributed by atoms with Gasteiger partial charge in [-0.15, -0.1) is 0 Å². The average molecular weight is 132 g/mol. The lowest BCUT2D eigenvalue weighted by Gasteiger charge is -2.10. The van der Waals surface area contributed by atoms with Crippen molar-refractivity contribution in [3.05, 3.63) is 6.92 Å². The second-order valence-electron chi connectivity index (χ2n) is 1.72. The first-order valence-electron chi connectivity index (χ1n) is 2.50. The second-order valence-corrected chi connectivity index (χ2v) is 1.72. The smallest absolute Gasteiger partial charge is 0.177 e. The second kappa shape index (κ2) is 3.55. The van der Waals surface area contributed by atoms with Gasteiger partial charge in [0.25, 0.3) is 0 Å². The molecule has 0 bridgehead atoms. The van der Waals surface area contributed by atoms with Crippen molar-refractivity contribution in [2.24, 2.45) is 5.73 Å². The molecule has 0 heterocycles. The molecule has 0 aliphatic rings. The molecule has 1 radical (unpaired) electrons. The maximum Gasteiger partial charge on any atom is 0.177 e. The summed E-state index contributed by atoms with van der Waals surface area (Å²) >= 11 is 0. The fourth-order valence-electron chi connectivity index (χ4n) is 0.320. The van der Waals surface area contributed by atoms with Crippen LogP contribution in [0.4, 0.5) is 0 Å². The number of carbonyl (C=O) groups excluding carboxylic acids is 1. The number of aliphatic hydroxyl groups excluding tert-OH is 2. The summed E-state index contributed by atoms with van der Waals surface area (Å²) in [6.45, 7) is 2.46. The average Bonchev–Trinajstić information content (AvgIpc) is 1.84.